The first-order valence-electron chi connectivity index (χ1n) is 6.42. The van der Waals surface area contributed by atoms with E-state index in [1.807, 2.05) is 30.3 Å². The van der Waals surface area contributed by atoms with Crippen LogP contribution in [0.3, 0.4) is 0 Å². The van der Waals surface area contributed by atoms with Crippen LogP contribution in [-0.4, -0.2) is 13.2 Å². The van der Waals surface area contributed by atoms with Crippen molar-refractivity contribution in [3.63, 3.8) is 0 Å². The van der Waals surface area contributed by atoms with E-state index in [0.717, 1.165) is 18.7 Å². The molecule has 1 heterocycles. The molecule has 0 fully saturated rings. The number of rotatable bonds is 3. The molecule has 0 aromatic heterocycles. The molecule has 0 saturated heterocycles. The topological polar surface area (TPSA) is 21.3 Å². The number of ether oxygens (including phenoxy) is 1. The second kappa shape index (κ2) is 6.60. The van der Waals surface area contributed by atoms with Gasteiger partial charge in [0.2, 0.25) is 0 Å². The van der Waals surface area contributed by atoms with Crippen LogP contribution in [0, 0.1) is 0 Å². The second-order valence-corrected chi connectivity index (χ2v) is 4.58. The van der Waals surface area contributed by atoms with Crippen LogP contribution in [0.1, 0.15) is 17.2 Å². The van der Waals surface area contributed by atoms with E-state index in [0.29, 0.717) is 12.6 Å². The number of halogens is 1. The van der Waals surface area contributed by atoms with Crippen LogP contribution in [0.2, 0.25) is 0 Å². The normalized spacial score (nSPS) is 17.2. The molecule has 0 amide bonds. The first-order chi connectivity index (χ1) is 8.93. The van der Waals surface area contributed by atoms with Gasteiger partial charge in [0, 0.05) is 0 Å². The summed E-state index contributed by atoms with van der Waals surface area (Å²) in [5.41, 5.74) is 2.82. The van der Waals surface area contributed by atoms with Gasteiger partial charge in [-0.25, -0.2) is 0 Å². The van der Waals surface area contributed by atoms with Crippen molar-refractivity contribution in [2.24, 2.45) is 0 Å². The summed E-state index contributed by atoms with van der Waals surface area (Å²) in [6.45, 7) is 1.71. The number of nitrogens with one attached hydrogen (secondary N) is 1. The quantitative estimate of drug-likeness (QED) is 0.927. The van der Waals surface area contributed by atoms with Gasteiger partial charge in [-0.3, -0.25) is 0 Å². The molecule has 1 unspecified atom stereocenters. The fourth-order valence-corrected chi connectivity index (χ4v) is 2.44. The highest BCUT2D eigenvalue weighted by Crippen LogP contribution is 2.23. The molecule has 2 aromatic rings. The summed E-state index contributed by atoms with van der Waals surface area (Å²) in [4.78, 5) is 0. The molecule has 0 saturated carbocycles. The van der Waals surface area contributed by atoms with E-state index in [1.165, 1.54) is 11.1 Å². The third kappa shape index (κ3) is 3.28. The molecule has 0 spiro atoms. The molecule has 2 nitrogen and oxygen atoms in total. The summed E-state index contributed by atoms with van der Waals surface area (Å²) in [5, 5.41) is 3.52. The van der Waals surface area contributed by atoms with Crippen LogP contribution in [0.5, 0.6) is 5.75 Å². The van der Waals surface area contributed by atoms with Crippen molar-refractivity contribution in [3.8, 4) is 5.75 Å². The van der Waals surface area contributed by atoms with E-state index in [9.17, 15) is 0 Å². The molecule has 1 aliphatic rings. The lowest BCUT2D eigenvalue weighted by Crippen LogP contribution is -2.33. The predicted octanol–water partition coefficient (Wildman–Crippen LogP) is 3.37. The van der Waals surface area contributed by atoms with Gasteiger partial charge in [-0.1, -0.05) is 42.5 Å². The smallest absolute Gasteiger partial charge is 0.119 e. The van der Waals surface area contributed by atoms with E-state index in [2.05, 4.69) is 29.6 Å². The summed E-state index contributed by atoms with van der Waals surface area (Å²) in [6, 6.07) is 18.9. The molecule has 0 bridgehead atoms. The van der Waals surface area contributed by atoms with Crippen LogP contribution >= 0.6 is 12.4 Å². The van der Waals surface area contributed by atoms with Gasteiger partial charge >= 0.3 is 0 Å². The zero-order valence-electron chi connectivity index (χ0n) is 10.7. The molecule has 2 aromatic carbocycles. The molecule has 0 radical (unpaired) electrons. The molecule has 1 aliphatic heterocycles. The first kappa shape index (κ1) is 13.9. The SMILES string of the molecule is Cl.c1ccc(OCC2NCCc3ccccc32)cc1. The summed E-state index contributed by atoms with van der Waals surface area (Å²) < 4.78 is 5.84. The maximum Gasteiger partial charge on any atom is 0.119 e. The Hall–Kier alpha value is -1.51. The van der Waals surface area contributed by atoms with Gasteiger partial charge in [-0.15, -0.1) is 12.4 Å². The minimum Gasteiger partial charge on any atom is -0.492 e. The Kier molecular flexibility index (Phi) is 4.83. The van der Waals surface area contributed by atoms with Gasteiger partial charge in [0.1, 0.15) is 12.4 Å². The highest BCUT2D eigenvalue weighted by molar-refractivity contribution is 5.85. The average molecular weight is 276 g/mol. The number of hydrogen-bond acceptors (Lipinski definition) is 2. The van der Waals surface area contributed by atoms with Crippen molar-refractivity contribution in [3.05, 3.63) is 65.7 Å². The fourth-order valence-electron chi connectivity index (χ4n) is 2.44. The van der Waals surface area contributed by atoms with Gasteiger partial charge in [-0.2, -0.15) is 0 Å². The Morgan fingerprint density at radius 1 is 1.00 bits per heavy atom. The minimum atomic E-state index is 0. The van der Waals surface area contributed by atoms with E-state index < -0.39 is 0 Å². The van der Waals surface area contributed by atoms with Crippen molar-refractivity contribution in [2.75, 3.05) is 13.2 Å². The molecule has 1 atom stereocenters. The number of para-hydroxylation sites is 1. The highest BCUT2D eigenvalue weighted by Gasteiger charge is 2.19. The standard InChI is InChI=1S/C16H17NO.ClH/c1-2-7-14(8-3-1)18-12-16-15-9-5-4-6-13(15)10-11-17-16;/h1-9,16-17H,10-12H2;1H. The zero-order valence-corrected chi connectivity index (χ0v) is 11.5. The number of hydrogen-bond donors (Lipinski definition) is 1. The second-order valence-electron chi connectivity index (χ2n) is 4.58. The van der Waals surface area contributed by atoms with Crippen LogP contribution in [0.25, 0.3) is 0 Å². The maximum atomic E-state index is 5.84. The third-order valence-electron chi connectivity index (χ3n) is 3.38. The van der Waals surface area contributed by atoms with Crippen LogP contribution in [-0.2, 0) is 6.42 Å². The monoisotopic (exact) mass is 275 g/mol. The van der Waals surface area contributed by atoms with Crippen molar-refractivity contribution >= 4 is 12.4 Å². The number of fused-ring (bicyclic) bond motifs is 1. The van der Waals surface area contributed by atoms with Gasteiger partial charge in [0.25, 0.3) is 0 Å². The summed E-state index contributed by atoms with van der Waals surface area (Å²) in [5.74, 6) is 0.933. The van der Waals surface area contributed by atoms with E-state index in [-0.39, 0.29) is 12.4 Å². The molecule has 19 heavy (non-hydrogen) atoms. The van der Waals surface area contributed by atoms with Crippen molar-refractivity contribution < 1.29 is 4.74 Å². The number of benzene rings is 2. The largest absolute Gasteiger partial charge is 0.492 e. The lowest BCUT2D eigenvalue weighted by Gasteiger charge is -2.26. The maximum absolute atomic E-state index is 5.84. The van der Waals surface area contributed by atoms with Crippen LogP contribution in [0.4, 0.5) is 0 Å². The highest BCUT2D eigenvalue weighted by atomic mass is 35.5. The Bertz CT molecular complexity index is 515. The summed E-state index contributed by atoms with van der Waals surface area (Å²) in [6.07, 6.45) is 1.11. The third-order valence-corrected chi connectivity index (χ3v) is 3.38. The molecular weight excluding hydrogens is 258 g/mol. The van der Waals surface area contributed by atoms with Crippen molar-refractivity contribution in [1.82, 2.24) is 5.32 Å². The van der Waals surface area contributed by atoms with E-state index in [1.54, 1.807) is 0 Å². The molecule has 0 aliphatic carbocycles. The Balaban J connectivity index is 0.00000133. The molecular formula is C16H18ClNO. The van der Waals surface area contributed by atoms with Crippen LogP contribution < -0.4 is 10.1 Å². The summed E-state index contributed by atoms with van der Waals surface area (Å²) in [7, 11) is 0. The van der Waals surface area contributed by atoms with E-state index >= 15 is 0 Å². The zero-order chi connectivity index (χ0) is 12.2. The predicted molar refractivity (Wildman–Crippen MR) is 80.1 cm³/mol. The van der Waals surface area contributed by atoms with Gasteiger partial charge in [0.05, 0.1) is 6.04 Å². The average Bonchev–Trinajstić information content (AvgIpc) is 2.46. The molecule has 100 valence electrons. The lowest BCUT2D eigenvalue weighted by molar-refractivity contribution is 0.261. The minimum absolute atomic E-state index is 0. The van der Waals surface area contributed by atoms with Gasteiger partial charge < -0.3 is 10.1 Å². The molecule has 3 rings (SSSR count). The van der Waals surface area contributed by atoms with Crippen molar-refractivity contribution in [1.29, 1.82) is 0 Å². The lowest BCUT2D eigenvalue weighted by atomic mass is 9.95. The first-order valence-corrected chi connectivity index (χ1v) is 6.42. The Morgan fingerprint density at radius 3 is 2.58 bits per heavy atom. The van der Waals surface area contributed by atoms with Crippen molar-refractivity contribution in [2.45, 2.75) is 12.5 Å². The Labute approximate surface area is 120 Å². The summed E-state index contributed by atoms with van der Waals surface area (Å²) >= 11 is 0. The van der Waals surface area contributed by atoms with Crippen LogP contribution in [0.15, 0.2) is 54.6 Å². The van der Waals surface area contributed by atoms with Gasteiger partial charge in [0.15, 0.2) is 0 Å². The van der Waals surface area contributed by atoms with Gasteiger partial charge in [-0.05, 0) is 36.2 Å². The molecule has 3 heteroatoms. The van der Waals surface area contributed by atoms with E-state index in [4.69, 9.17) is 4.74 Å². The fraction of sp³-hybridized carbons (Fsp3) is 0.250. The Morgan fingerprint density at radius 2 is 1.74 bits per heavy atom. The molecule has 1 N–H and O–H groups in total.